The van der Waals surface area contributed by atoms with Gasteiger partial charge >= 0.3 is 0 Å². The summed E-state index contributed by atoms with van der Waals surface area (Å²) in [5.41, 5.74) is 1.49. The smallest absolute Gasteiger partial charge is 0.261 e. The molecule has 32 heavy (non-hydrogen) atoms. The monoisotopic (exact) mass is 454 g/mol. The molecule has 0 saturated carbocycles. The third-order valence-corrected chi connectivity index (χ3v) is 5.33. The summed E-state index contributed by atoms with van der Waals surface area (Å²) in [6.07, 6.45) is 0. The van der Waals surface area contributed by atoms with E-state index in [0.717, 1.165) is 13.1 Å². The number of hydrogen-bond acceptors (Lipinski definition) is 5. The van der Waals surface area contributed by atoms with Crippen molar-refractivity contribution >= 4 is 34.8 Å². The van der Waals surface area contributed by atoms with E-state index in [1.165, 1.54) is 0 Å². The van der Waals surface area contributed by atoms with Crippen LogP contribution in [0.5, 0.6) is 5.75 Å². The van der Waals surface area contributed by atoms with Crippen molar-refractivity contribution in [2.75, 3.05) is 45.2 Å². The number of benzene rings is 2. The number of piperazine rings is 1. The van der Waals surface area contributed by atoms with Crippen LogP contribution < -0.4 is 15.4 Å². The zero-order valence-corrected chi connectivity index (χ0v) is 19.6. The lowest BCUT2D eigenvalue weighted by molar-refractivity contribution is 0.0665. The van der Waals surface area contributed by atoms with Crippen molar-refractivity contribution in [3.05, 3.63) is 59.7 Å². The summed E-state index contributed by atoms with van der Waals surface area (Å²) in [5.74, 6) is 0.419. The highest BCUT2D eigenvalue weighted by atomic mass is 32.1. The minimum Gasteiger partial charge on any atom is -0.492 e. The molecule has 2 amide bonds. The first-order chi connectivity index (χ1) is 15.3. The molecule has 0 atom stereocenters. The maximum absolute atomic E-state index is 13.0. The summed E-state index contributed by atoms with van der Waals surface area (Å²) in [4.78, 5) is 29.9. The largest absolute Gasteiger partial charge is 0.492 e. The Morgan fingerprint density at radius 2 is 1.62 bits per heavy atom. The Morgan fingerprint density at radius 3 is 2.31 bits per heavy atom. The molecule has 1 aliphatic rings. The number of para-hydroxylation sites is 2. The predicted octanol–water partition coefficient (Wildman–Crippen LogP) is 3.24. The van der Waals surface area contributed by atoms with Crippen molar-refractivity contribution in [3.8, 4) is 5.75 Å². The Labute approximate surface area is 194 Å². The maximum Gasteiger partial charge on any atom is 0.261 e. The average Bonchev–Trinajstić information content (AvgIpc) is 2.78. The van der Waals surface area contributed by atoms with Gasteiger partial charge in [0.25, 0.3) is 11.8 Å². The molecule has 7 nitrogen and oxygen atoms in total. The minimum atomic E-state index is -0.371. The number of thiocarbonyl (C=S) groups is 1. The summed E-state index contributed by atoms with van der Waals surface area (Å²) in [7, 11) is 2.05. The van der Waals surface area contributed by atoms with Crippen LogP contribution in [0, 0.1) is 5.92 Å². The zero-order chi connectivity index (χ0) is 23.1. The van der Waals surface area contributed by atoms with Crippen LogP contribution >= 0.6 is 12.2 Å². The van der Waals surface area contributed by atoms with E-state index >= 15 is 0 Å². The van der Waals surface area contributed by atoms with Gasteiger partial charge in [0.15, 0.2) is 5.11 Å². The van der Waals surface area contributed by atoms with Crippen molar-refractivity contribution in [2.45, 2.75) is 13.8 Å². The molecule has 0 unspecified atom stereocenters. The lowest BCUT2D eigenvalue weighted by Gasteiger charge is -2.32. The van der Waals surface area contributed by atoms with Crippen molar-refractivity contribution in [1.82, 2.24) is 15.1 Å². The first kappa shape index (κ1) is 23.7. The second-order valence-electron chi connectivity index (χ2n) is 8.25. The van der Waals surface area contributed by atoms with Crippen LogP contribution in [0.15, 0.2) is 48.5 Å². The van der Waals surface area contributed by atoms with Crippen LogP contribution in [0.2, 0.25) is 0 Å². The van der Waals surface area contributed by atoms with E-state index in [-0.39, 0.29) is 16.9 Å². The Hall–Kier alpha value is -2.97. The number of carbonyl (C=O) groups excluding carboxylic acids is 2. The first-order valence-corrected chi connectivity index (χ1v) is 11.2. The van der Waals surface area contributed by atoms with Crippen LogP contribution in [0.3, 0.4) is 0 Å². The number of amides is 2. The SMILES string of the molecule is CC(C)COc1ccccc1C(=O)NC(=S)Nc1ccccc1C(=O)N1CCN(C)CC1. The molecule has 2 aromatic carbocycles. The second-order valence-corrected chi connectivity index (χ2v) is 8.66. The third-order valence-electron chi connectivity index (χ3n) is 5.13. The van der Waals surface area contributed by atoms with Gasteiger partial charge in [-0.05, 0) is 49.4 Å². The van der Waals surface area contributed by atoms with E-state index in [0.29, 0.717) is 48.2 Å². The van der Waals surface area contributed by atoms with Gasteiger partial charge in [-0.3, -0.25) is 14.9 Å². The lowest BCUT2D eigenvalue weighted by Crippen LogP contribution is -2.47. The molecule has 1 fully saturated rings. The van der Waals surface area contributed by atoms with Gasteiger partial charge in [0.05, 0.1) is 23.4 Å². The fourth-order valence-electron chi connectivity index (χ4n) is 3.32. The fraction of sp³-hybridized carbons (Fsp3) is 0.375. The van der Waals surface area contributed by atoms with Crippen LogP contribution in [-0.4, -0.2) is 66.6 Å². The van der Waals surface area contributed by atoms with Gasteiger partial charge in [0.1, 0.15) is 5.75 Å². The molecular formula is C24H30N4O3S. The van der Waals surface area contributed by atoms with Crippen molar-refractivity contribution in [1.29, 1.82) is 0 Å². The van der Waals surface area contributed by atoms with Crippen LogP contribution in [-0.2, 0) is 0 Å². The molecule has 1 heterocycles. The summed E-state index contributed by atoms with van der Waals surface area (Å²) in [5, 5.41) is 5.82. The van der Waals surface area contributed by atoms with E-state index in [4.69, 9.17) is 17.0 Å². The van der Waals surface area contributed by atoms with Crippen LogP contribution in [0.25, 0.3) is 0 Å². The highest BCUT2D eigenvalue weighted by Gasteiger charge is 2.23. The highest BCUT2D eigenvalue weighted by molar-refractivity contribution is 7.80. The topological polar surface area (TPSA) is 73.9 Å². The van der Waals surface area contributed by atoms with E-state index < -0.39 is 0 Å². The first-order valence-electron chi connectivity index (χ1n) is 10.8. The summed E-state index contributed by atoms with van der Waals surface area (Å²) >= 11 is 5.36. The molecule has 0 bridgehead atoms. The number of rotatable bonds is 6. The standard InChI is InChI=1S/C24H30N4O3S/c1-17(2)16-31-21-11-7-5-9-19(21)22(29)26-24(32)25-20-10-6-4-8-18(20)23(30)28-14-12-27(3)13-15-28/h4-11,17H,12-16H2,1-3H3,(H2,25,26,29,32). The Bertz CT molecular complexity index is 971. The average molecular weight is 455 g/mol. The predicted molar refractivity (Wildman–Crippen MR) is 130 cm³/mol. The molecule has 1 aliphatic heterocycles. The summed E-state index contributed by atoms with van der Waals surface area (Å²) in [6, 6.07) is 14.2. The lowest BCUT2D eigenvalue weighted by atomic mass is 10.1. The highest BCUT2D eigenvalue weighted by Crippen LogP contribution is 2.20. The number of likely N-dealkylation sites (N-methyl/N-ethyl adjacent to an activating group) is 1. The van der Waals surface area contributed by atoms with Gasteiger partial charge in [0.2, 0.25) is 0 Å². The Balaban J connectivity index is 1.67. The van der Waals surface area contributed by atoms with Crippen LogP contribution in [0.4, 0.5) is 5.69 Å². The van der Waals surface area contributed by atoms with Crippen LogP contribution in [0.1, 0.15) is 34.6 Å². The molecule has 8 heteroatoms. The minimum absolute atomic E-state index is 0.0530. The van der Waals surface area contributed by atoms with Gasteiger partial charge in [0, 0.05) is 26.2 Å². The van der Waals surface area contributed by atoms with Gasteiger partial charge in [-0.15, -0.1) is 0 Å². The fourth-order valence-corrected chi connectivity index (χ4v) is 3.52. The Morgan fingerprint density at radius 1 is 1.00 bits per heavy atom. The van der Waals surface area contributed by atoms with E-state index in [1.807, 2.05) is 44.0 Å². The normalized spacial score (nSPS) is 14.2. The van der Waals surface area contributed by atoms with Gasteiger partial charge in [-0.25, -0.2) is 0 Å². The number of nitrogens with one attached hydrogen (secondary N) is 2. The number of anilines is 1. The molecule has 0 aliphatic carbocycles. The van der Waals surface area contributed by atoms with Crippen molar-refractivity contribution < 1.29 is 14.3 Å². The third kappa shape index (κ3) is 6.27. The Kier molecular flexibility index (Phi) is 8.19. The summed E-state index contributed by atoms with van der Waals surface area (Å²) < 4.78 is 5.77. The number of ether oxygens (including phenoxy) is 1. The van der Waals surface area contributed by atoms with Crippen molar-refractivity contribution in [2.24, 2.45) is 5.92 Å². The second kappa shape index (κ2) is 11.1. The van der Waals surface area contributed by atoms with Crippen molar-refractivity contribution in [3.63, 3.8) is 0 Å². The number of carbonyl (C=O) groups is 2. The molecule has 0 spiro atoms. The van der Waals surface area contributed by atoms with E-state index in [1.54, 1.807) is 30.3 Å². The zero-order valence-electron chi connectivity index (χ0n) is 18.8. The number of hydrogen-bond donors (Lipinski definition) is 2. The molecule has 170 valence electrons. The van der Waals surface area contributed by atoms with Gasteiger partial charge in [-0.2, -0.15) is 0 Å². The molecule has 1 saturated heterocycles. The molecule has 3 rings (SSSR count). The number of nitrogens with zero attached hydrogens (tertiary/aromatic N) is 2. The van der Waals surface area contributed by atoms with E-state index in [9.17, 15) is 9.59 Å². The molecule has 2 aromatic rings. The summed E-state index contributed by atoms with van der Waals surface area (Å²) in [6.45, 7) is 7.64. The van der Waals surface area contributed by atoms with Gasteiger partial charge < -0.3 is 19.9 Å². The molecule has 2 N–H and O–H groups in total. The quantitative estimate of drug-likeness (QED) is 0.653. The molecular weight excluding hydrogens is 424 g/mol. The van der Waals surface area contributed by atoms with E-state index in [2.05, 4.69) is 15.5 Å². The molecule has 0 radical (unpaired) electrons. The van der Waals surface area contributed by atoms with Gasteiger partial charge in [-0.1, -0.05) is 38.1 Å². The molecule has 0 aromatic heterocycles. The maximum atomic E-state index is 13.0.